The Morgan fingerprint density at radius 3 is 2.67 bits per heavy atom. The van der Waals surface area contributed by atoms with Crippen LogP contribution >= 0.6 is 11.8 Å². The normalized spacial score (nSPS) is 25.4. The highest BCUT2D eigenvalue weighted by atomic mass is 32.2. The summed E-state index contributed by atoms with van der Waals surface area (Å²) in [6, 6.07) is -0.482. The lowest BCUT2D eigenvalue weighted by molar-refractivity contribution is -0.00512. The molecule has 1 aliphatic rings. The van der Waals surface area contributed by atoms with E-state index in [0.29, 0.717) is 28.6 Å². The minimum absolute atomic E-state index is 0.183. The van der Waals surface area contributed by atoms with E-state index in [2.05, 4.69) is 39.4 Å². The Bertz CT molecular complexity index is 758. The average molecular weight is 397 g/mol. The van der Waals surface area contributed by atoms with Crippen LogP contribution in [0.1, 0.15) is 45.6 Å². The number of rotatable bonds is 9. The summed E-state index contributed by atoms with van der Waals surface area (Å²) in [7, 11) is 0. The number of hydrogen-bond donors (Lipinski definition) is 4. The molecule has 0 radical (unpaired) electrons. The van der Waals surface area contributed by atoms with Gasteiger partial charge in [-0.05, 0) is 19.3 Å². The fourth-order valence-electron chi connectivity index (χ4n) is 3.32. The lowest BCUT2D eigenvalue weighted by atomic mass is 10.1. The molecule has 150 valence electrons. The second-order valence-electron chi connectivity index (χ2n) is 6.92. The highest BCUT2D eigenvalue weighted by Crippen LogP contribution is 2.36. The Labute approximate surface area is 162 Å². The first kappa shape index (κ1) is 20.2. The number of aliphatic hydroxyl groups is 3. The van der Waals surface area contributed by atoms with Gasteiger partial charge >= 0.3 is 0 Å². The molecule has 4 N–H and O–H groups in total. The van der Waals surface area contributed by atoms with Gasteiger partial charge in [-0.15, -0.1) is 5.10 Å². The van der Waals surface area contributed by atoms with Gasteiger partial charge in [0.2, 0.25) is 0 Å². The van der Waals surface area contributed by atoms with Crippen LogP contribution in [0, 0.1) is 5.92 Å². The molecule has 1 aliphatic carbocycles. The van der Waals surface area contributed by atoms with Crippen LogP contribution in [0.2, 0.25) is 0 Å². The minimum Gasteiger partial charge on any atom is -0.396 e. The van der Waals surface area contributed by atoms with Gasteiger partial charge in [-0.1, -0.05) is 37.2 Å². The second-order valence-corrected chi connectivity index (χ2v) is 7.98. The van der Waals surface area contributed by atoms with Crippen molar-refractivity contribution in [1.82, 2.24) is 25.0 Å². The Morgan fingerprint density at radius 2 is 2.00 bits per heavy atom. The molecule has 2 aromatic rings. The van der Waals surface area contributed by atoms with Crippen molar-refractivity contribution in [2.24, 2.45) is 5.92 Å². The molecule has 0 spiro atoms. The summed E-state index contributed by atoms with van der Waals surface area (Å²) in [5.41, 5.74) is 1.10. The summed E-state index contributed by atoms with van der Waals surface area (Å²) < 4.78 is 1.57. The van der Waals surface area contributed by atoms with Crippen molar-refractivity contribution >= 4 is 28.7 Å². The first-order valence-electron chi connectivity index (χ1n) is 9.57. The van der Waals surface area contributed by atoms with Crippen LogP contribution in [0.25, 0.3) is 11.2 Å². The van der Waals surface area contributed by atoms with Crippen molar-refractivity contribution in [1.29, 1.82) is 0 Å². The van der Waals surface area contributed by atoms with E-state index < -0.39 is 18.2 Å². The van der Waals surface area contributed by atoms with Crippen molar-refractivity contribution in [3.63, 3.8) is 0 Å². The topological polar surface area (TPSA) is 129 Å². The molecule has 1 fully saturated rings. The molecule has 2 aromatic heterocycles. The van der Waals surface area contributed by atoms with Gasteiger partial charge in [0.1, 0.15) is 6.10 Å². The van der Waals surface area contributed by atoms with Crippen LogP contribution in [0.5, 0.6) is 0 Å². The third-order valence-corrected chi connectivity index (χ3v) is 5.93. The summed E-state index contributed by atoms with van der Waals surface area (Å²) in [5.74, 6) is 1.16. The van der Waals surface area contributed by atoms with Crippen molar-refractivity contribution in [3.05, 3.63) is 0 Å². The number of thioether (sulfide) groups is 1. The molecule has 3 unspecified atom stereocenters. The summed E-state index contributed by atoms with van der Waals surface area (Å²) in [5, 5.41) is 42.4. The van der Waals surface area contributed by atoms with E-state index in [1.807, 2.05) is 0 Å². The number of aliphatic hydroxyl groups excluding tert-OH is 3. The Kier molecular flexibility index (Phi) is 6.85. The van der Waals surface area contributed by atoms with Gasteiger partial charge in [0.15, 0.2) is 22.1 Å². The number of nitrogens with zero attached hydrogens (tertiary/aromatic N) is 5. The molecule has 0 aliphatic heterocycles. The highest BCUT2D eigenvalue weighted by Gasteiger charge is 2.43. The van der Waals surface area contributed by atoms with Crippen LogP contribution in [0.3, 0.4) is 0 Å². The van der Waals surface area contributed by atoms with Gasteiger partial charge in [0.25, 0.3) is 0 Å². The van der Waals surface area contributed by atoms with Gasteiger partial charge in [-0.3, -0.25) is 0 Å². The Hall–Kier alpha value is -1.49. The quantitative estimate of drug-likeness (QED) is 0.281. The number of nitrogens with one attached hydrogen (secondary N) is 1. The molecule has 10 heteroatoms. The molecule has 1 saturated carbocycles. The largest absolute Gasteiger partial charge is 0.396 e. The Morgan fingerprint density at radius 1 is 1.19 bits per heavy atom. The van der Waals surface area contributed by atoms with Gasteiger partial charge in [0, 0.05) is 24.8 Å². The van der Waals surface area contributed by atoms with Crippen LogP contribution in [0.15, 0.2) is 5.16 Å². The molecule has 4 atom stereocenters. The van der Waals surface area contributed by atoms with E-state index in [1.165, 1.54) is 0 Å². The molecule has 0 amide bonds. The van der Waals surface area contributed by atoms with E-state index in [4.69, 9.17) is 0 Å². The average Bonchev–Trinajstić information content (AvgIpc) is 3.21. The third-order valence-electron chi connectivity index (χ3n) is 4.88. The second kappa shape index (κ2) is 9.13. The molecular formula is C17H28N6O3S. The maximum Gasteiger partial charge on any atom is 0.191 e. The number of anilines is 1. The SMILES string of the molecule is CCCCNc1nc(SCCC)nc2c1nnn2C1CC(CO)[C@@H](O)C1O. The zero-order valence-corrected chi connectivity index (χ0v) is 16.6. The van der Waals surface area contributed by atoms with Crippen LogP contribution in [0.4, 0.5) is 5.82 Å². The third kappa shape index (κ3) is 4.18. The summed E-state index contributed by atoms with van der Waals surface area (Å²) in [6.45, 7) is 4.83. The summed E-state index contributed by atoms with van der Waals surface area (Å²) in [4.78, 5) is 9.20. The van der Waals surface area contributed by atoms with Crippen LogP contribution in [-0.4, -0.2) is 71.4 Å². The standard InChI is InChI=1S/C17H28N6O3S/c1-3-5-6-18-15-12-16(20-17(19-15)27-7-4-2)23(22-21-12)11-8-10(9-24)13(25)14(11)26/h10-11,13-14,24-26H,3-9H2,1-2H3,(H,18,19,20)/t10?,11?,13-,14?/m1/s1. The minimum atomic E-state index is -1.02. The first-order chi connectivity index (χ1) is 13.1. The van der Waals surface area contributed by atoms with Crippen molar-refractivity contribution in [3.8, 4) is 0 Å². The smallest absolute Gasteiger partial charge is 0.191 e. The van der Waals surface area contributed by atoms with E-state index in [9.17, 15) is 15.3 Å². The molecule has 9 nitrogen and oxygen atoms in total. The fraction of sp³-hybridized carbons (Fsp3) is 0.765. The van der Waals surface area contributed by atoms with Crippen molar-refractivity contribution < 1.29 is 15.3 Å². The van der Waals surface area contributed by atoms with Crippen LogP contribution in [-0.2, 0) is 0 Å². The highest BCUT2D eigenvalue weighted by molar-refractivity contribution is 7.99. The molecule has 0 aromatic carbocycles. The maximum atomic E-state index is 10.4. The lowest BCUT2D eigenvalue weighted by Gasteiger charge is -2.17. The number of hydrogen-bond acceptors (Lipinski definition) is 9. The molecule has 2 heterocycles. The predicted octanol–water partition coefficient (Wildman–Crippen LogP) is 1.21. The van der Waals surface area contributed by atoms with E-state index in [1.54, 1.807) is 16.4 Å². The van der Waals surface area contributed by atoms with E-state index in [0.717, 1.165) is 31.6 Å². The van der Waals surface area contributed by atoms with Gasteiger partial charge in [-0.2, -0.15) is 0 Å². The zero-order chi connectivity index (χ0) is 19.4. The van der Waals surface area contributed by atoms with Crippen molar-refractivity contribution in [2.45, 2.75) is 62.9 Å². The molecule has 27 heavy (non-hydrogen) atoms. The summed E-state index contributed by atoms with van der Waals surface area (Å²) >= 11 is 1.57. The molecule has 0 saturated heterocycles. The van der Waals surface area contributed by atoms with Crippen molar-refractivity contribution in [2.75, 3.05) is 24.2 Å². The molecular weight excluding hydrogens is 368 g/mol. The van der Waals surface area contributed by atoms with Gasteiger partial charge in [-0.25, -0.2) is 14.6 Å². The monoisotopic (exact) mass is 396 g/mol. The van der Waals surface area contributed by atoms with Gasteiger partial charge < -0.3 is 20.6 Å². The zero-order valence-electron chi connectivity index (χ0n) is 15.7. The molecule has 3 rings (SSSR count). The number of fused-ring (bicyclic) bond motifs is 1. The van der Waals surface area contributed by atoms with Gasteiger partial charge in [0.05, 0.1) is 12.1 Å². The maximum absolute atomic E-state index is 10.4. The predicted molar refractivity (Wildman–Crippen MR) is 104 cm³/mol. The first-order valence-corrected chi connectivity index (χ1v) is 10.6. The number of unbranched alkanes of at least 4 members (excludes halogenated alkanes) is 1. The van der Waals surface area contributed by atoms with Crippen LogP contribution < -0.4 is 5.32 Å². The van der Waals surface area contributed by atoms with E-state index in [-0.39, 0.29) is 12.5 Å². The fourth-order valence-corrected chi connectivity index (χ4v) is 4.01. The van der Waals surface area contributed by atoms with E-state index >= 15 is 0 Å². The number of aromatic nitrogens is 5. The lowest BCUT2D eigenvalue weighted by Crippen LogP contribution is -2.30. The molecule has 0 bridgehead atoms. The Balaban J connectivity index is 1.98. The summed E-state index contributed by atoms with van der Waals surface area (Å²) in [6.07, 6.45) is 1.50.